The van der Waals surface area contributed by atoms with Crippen LogP contribution in [0.4, 0.5) is 0 Å². The number of hydrogen-bond donors (Lipinski definition) is 0. The average Bonchev–Trinajstić information content (AvgIpc) is 3.39. The molecular weight excluding hydrogens is 342 g/mol. The first-order valence-corrected chi connectivity index (χ1v) is 10.4. The van der Waals surface area contributed by atoms with Gasteiger partial charge in [-0.2, -0.15) is 5.10 Å². The lowest BCUT2D eigenvalue weighted by molar-refractivity contribution is -0.136. The summed E-state index contributed by atoms with van der Waals surface area (Å²) in [6.45, 7) is 5.46. The summed E-state index contributed by atoms with van der Waals surface area (Å²) in [5.74, 6) is 0.626. The van der Waals surface area contributed by atoms with Gasteiger partial charge in [0.2, 0.25) is 5.91 Å². The summed E-state index contributed by atoms with van der Waals surface area (Å²) >= 11 is 0. The largest absolute Gasteiger partial charge is 0.342 e. The van der Waals surface area contributed by atoms with Crippen LogP contribution in [0.15, 0.2) is 12.3 Å². The maximum atomic E-state index is 12.8. The Morgan fingerprint density at radius 3 is 2.37 bits per heavy atom. The Morgan fingerprint density at radius 1 is 0.963 bits per heavy atom. The third kappa shape index (κ3) is 3.88. The number of hydrogen-bond acceptors (Lipinski definition) is 4. The number of nitrogens with zero attached hydrogens (tertiary/aromatic N) is 5. The Bertz CT molecular complexity index is 674. The summed E-state index contributed by atoms with van der Waals surface area (Å²) in [6.07, 6.45) is 8.12. The monoisotopic (exact) mass is 373 g/mol. The molecule has 1 aromatic rings. The molecule has 148 valence electrons. The number of rotatable bonds is 3. The number of likely N-dealkylation sites (tertiary alicyclic amines) is 3. The van der Waals surface area contributed by atoms with Crippen LogP contribution in [-0.4, -0.2) is 81.6 Å². The fourth-order valence-electron chi connectivity index (χ4n) is 4.92. The molecule has 7 heteroatoms. The molecule has 3 aliphatic rings. The first-order chi connectivity index (χ1) is 13.1. The van der Waals surface area contributed by atoms with Crippen molar-refractivity contribution in [3.8, 4) is 0 Å². The highest BCUT2D eigenvalue weighted by atomic mass is 16.2. The Balaban J connectivity index is 1.30. The van der Waals surface area contributed by atoms with Gasteiger partial charge in [-0.1, -0.05) is 0 Å². The van der Waals surface area contributed by atoms with Gasteiger partial charge in [-0.15, -0.1) is 0 Å². The summed E-state index contributed by atoms with van der Waals surface area (Å²) < 4.78 is 1.65. The third-order valence-electron chi connectivity index (χ3n) is 6.53. The first kappa shape index (κ1) is 18.5. The molecule has 0 N–H and O–H groups in total. The Morgan fingerprint density at radius 2 is 1.70 bits per heavy atom. The molecule has 2 amide bonds. The minimum absolute atomic E-state index is 0.0779. The van der Waals surface area contributed by atoms with Gasteiger partial charge in [0, 0.05) is 52.0 Å². The van der Waals surface area contributed by atoms with Gasteiger partial charge >= 0.3 is 0 Å². The Labute approximate surface area is 161 Å². The van der Waals surface area contributed by atoms with Crippen LogP contribution >= 0.6 is 0 Å². The van der Waals surface area contributed by atoms with E-state index in [4.69, 9.17) is 0 Å². The van der Waals surface area contributed by atoms with Crippen molar-refractivity contribution in [3.05, 3.63) is 18.0 Å². The summed E-state index contributed by atoms with van der Waals surface area (Å²) in [5.41, 5.74) is 0.655. The minimum atomic E-state index is 0.0779. The molecule has 3 fully saturated rings. The Hall–Kier alpha value is -1.89. The maximum absolute atomic E-state index is 12.8. The van der Waals surface area contributed by atoms with Crippen LogP contribution in [0, 0.1) is 5.92 Å². The zero-order valence-electron chi connectivity index (χ0n) is 16.3. The lowest BCUT2D eigenvalue weighted by atomic mass is 9.93. The summed E-state index contributed by atoms with van der Waals surface area (Å²) in [4.78, 5) is 32.0. The molecule has 1 atom stereocenters. The predicted molar refractivity (Wildman–Crippen MR) is 102 cm³/mol. The molecule has 27 heavy (non-hydrogen) atoms. The van der Waals surface area contributed by atoms with E-state index in [1.807, 2.05) is 11.9 Å². The van der Waals surface area contributed by atoms with E-state index in [2.05, 4.69) is 14.9 Å². The predicted octanol–water partition coefficient (Wildman–Crippen LogP) is 1.36. The number of amides is 2. The van der Waals surface area contributed by atoms with E-state index in [9.17, 15) is 9.59 Å². The van der Waals surface area contributed by atoms with Crippen molar-refractivity contribution in [1.82, 2.24) is 24.5 Å². The molecule has 4 rings (SSSR count). The van der Waals surface area contributed by atoms with E-state index in [1.54, 1.807) is 16.9 Å². The molecule has 0 bridgehead atoms. The van der Waals surface area contributed by atoms with Crippen molar-refractivity contribution in [2.24, 2.45) is 13.0 Å². The standard InChI is InChI=1S/C20H31N5O2/c1-22-18(6-9-21-22)20(27)24-13-7-17(8-14-24)25-12-4-5-16(15-25)19(26)23-10-2-3-11-23/h6,9,16-17H,2-5,7-8,10-15H2,1H3. The normalized spacial score (nSPS) is 25.1. The lowest BCUT2D eigenvalue weighted by Gasteiger charge is -2.42. The lowest BCUT2D eigenvalue weighted by Crippen LogP contribution is -2.51. The highest BCUT2D eigenvalue weighted by Crippen LogP contribution is 2.26. The van der Waals surface area contributed by atoms with Crippen LogP contribution in [0.5, 0.6) is 0 Å². The van der Waals surface area contributed by atoms with E-state index in [0.29, 0.717) is 17.6 Å². The average molecular weight is 374 g/mol. The maximum Gasteiger partial charge on any atom is 0.272 e. The van der Waals surface area contributed by atoms with Crippen LogP contribution in [0.2, 0.25) is 0 Å². The molecule has 1 aromatic heterocycles. The Kier molecular flexibility index (Phi) is 5.48. The fourth-order valence-corrected chi connectivity index (χ4v) is 4.92. The van der Waals surface area contributed by atoms with Gasteiger partial charge in [-0.05, 0) is 51.1 Å². The zero-order chi connectivity index (χ0) is 18.8. The molecule has 0 aliphatic carbocycles. The van der Waals surface area contributed by atoms with Crippen LogP contribution in [0.3, 0.4) is 0 Å². The summed E-state index contributed by atoms with van der Waals surface area (Å²) in [7, 11) is 1.81. The number of aromatic nitrogens is 2. The molecule has 7 nitrogen and oxygen atoms in total. The van der Waals surface area contributed by atoms with Crippen molar-refractivity contribution in [1.29, 1.82) is 0 Å². The van der Waals surface area contributed by atoms with Gasteiger partial charge < -0.3 is 9.80 Å². The molecule has 4 heterocycles. The highest BCUT2D eigenvalue weighted by molar-refractivity contribution is 5.92. The molecule has 3 aliphatic heterocycles. The highest BCUT2D eigenvalue weighted by Gasteiger charge is 2.35. The van der Waals surface area contributed by atoms with E-state index in [1.165, 1.54) is 0 Å². The third-order valence-corrected chi connectivity index (χ3v) is 6.53. The molecule has 0 aromatic carbocycles. The van der Waals surface area contributed by atoms with Gasteiger partial charge in [0.25, 0.3) is 5.91 Å². The van der Waals surface area contributed by atoms with Crippen LogP contribution < -0.4 is 0 Å². The van der Waals surface area contributed by atoms with Crippen molar-refractivity contribution < 1.29 is 9.59 Å². The van der Waals surface area contributed by atoms with Crippen LogP contribution in [-0.2, 0) is 11.8 Å². The van der Waals surface area contributed by atoms with E-state index >= 15 is 0 Å². The molecular formula is C20H31N5O2. The van der Waals surface area contributed by atoms with Crippen LogP contribution in [0.25, 0.3) is 0 Å². The summed E-state index contributed by atoms with van der Waals surface area (Å²) in [5, 5.41) is 4.10. The number of aryl methyl sites for hydroxylation is 1. The van der Waals surface area contributed by atoms with Gasteiger partial charge in [-0.3, -0.25) is 19.2 Å². The number of carbonyl (C=O) groups is 2. The van der Waals surface area contributed by atoms with Gasteiger partial charge in [0.15, 0.2) is 0 Å². The SMILES string of the molecule is Cn1nccc1C(=O)N1CCC(N2CCCC(C(=O)N3CCCC3)C2)CC1. The fraction of sp³-hybridized carbons (Fsp3) is 0.750. The van der Waals surface area contributed by atoms with Crippen LogP contribution in [0.1, 0.15) is 49.0 Å². The molecule has 0 saturated carbocycles. The zero-order valence-corrected chi connectivity index (χ0v) is 16.3. The quantitative estimate of drug-likeness (QED) is 0.803. The van der Waals surface area contributed by atoms with Crippen molar-refractivity contribution in [3.63, 3.8) is 0 Å². The topological polar surface area (TPSA) is 61.7 Å². The second-order valence-electron chi connectivity index (χ2n) is 8.23. The van der Waals surface area contributed by atoms with Gasteiger partial charge in [0.05, 0.1) is 5.92 Å². The van der Waals surface area contributed by atoms with Gasteiger partial charge in [-0.25, -0.2) is 0 Å². The van der Waals surface area contributed by atoms with Crippen molar-refractivity contribution in [2.75, 3.05) is 39.3 Å². The minimum Gasteiger partial charge on any atom is -0.342 e. The smallest absolute Gasteiger partial charge is 0.272 e. The first-order valence-electron chi connectivity index (χ1n) is 10.4. The molecule has 0 radical (unpaired) electrons. The molecule has 1 unspecified atom stereocenters. The molecule has 3 saturated heterocycles. The number of piperidine rings is 2. The van der Waals surface area contributed by atoms with E-state index in [-0.39, 0.29) is 11.8 Å². The van der Waals surface area contributed by atoms with E-state index < -0.39 is 0 Å². The molecule has 0 spiro atoms. The number of carbonyl (C=O) groups excluding carboxylic acids is 2. The summed E-state index contributed by atoms with van der Waals surface area (Å²) in [6, 6.07) is 2.28. The van der Waals surface area contributed by atoms with Crippen molar-refractivity contribution >= 4 is 11.8 Å². The second-order valence-corrected chi connectivity index (χ2v) is 8.23. The van der Waals surface area contributed by atoms with Crippen molar-refractivity contribution in [2.45, 2.75) is 44.6 Å². The van der Waals surface area contributed by atoms with E-state index in [0.717, 1.165) is 77.8 Å². The second kappa shape index (κ2) is 8.00. The van der Waals surface area contributed by atoms with Gasteiger partial charge in [0.1, 0.15) is 5.69 Å².